The zero-order valence-electron chi connectivity index (χ0n) is 13.8. The first-order valence-electron chi connectivity index (χ1n) is 7.95. The molecule has 1 rings (SSSR count). The Morgan fingerprint density at radius 3 is 1.67 bits per heavy atom. The van der Waals surface area contributed by atoms with E-state index in [1.54, 1.807) is 0 Å². The van der Waals surface area contributed by atoms with Gasteiger partial charge in [0.05, 0.1) is 25.4 Å². The molecule has 120 valence electrons. The molecule has 0 bridgehead atoms. The van der Waals surface area contributed by atoms with Crippen molar-refractivity contribution < 1.29 is 14.2 Å². The molecule has 0 saturated heterocycles. The minimum atomic E-state index is -0.149. The van der Waals surface area contributed by atoms with E-state index in [-0.39, 0.29) is 6.04 Å². The Morgan fingerprint density at radius 2 is 1.29 bits per heavy atom. The number of nitrogens with two attached hydrogens (primary N) is 1. The molecule has 0 amide bonds. The number of rotatable bonds is 10. The number of hydrogen-bond donors (Lipinski definition) is 1. The van der Waals surface area contributed by atoms with E-state index in [0.29, 0.717) is 19.8 Å². The average molecular weight is 295 g/mol. The fraction of sp³-hybridized carbons (Fsp3) is 0.647. The molecule has 21 heavy (non-hydrogen) atoms. The van der Waals surface area contributed by atoms with Crippen molar-refractivity contribution in [2.45, 2.75) is 53.0 Å². The second-order valence-electron chi connectivity index (χ2n) is 5.17. The highest BCUT2D eigenvalue weighted by Crippen LogP contribution is 2.38. The molecule has 4 heteroatoms. The fourth-order valence-corrected chi connectivity index (χ4v) is 1.99. The Morgan fingerprint density at radius 1 is 0.857 bits per heavy atom. The lowest BCUT2D eigenvalue weighted by Crippen LogP contribution is -2.12. The van der Waals surface area contributed by atoms with E-state index < -0.39 is 0 Å². The van der Waals surface area contributed by atoms with Gasteiger partial charge in [0.25, 0.3) is 0 Å². The smallest absolute Gasteiger partial charge is 0.131 e. The maximum absolute atomic E-state index is 6.11. The van der Waals surface area contributed by atoms with Gasteiger partial charge >= 0.3 is 0 Å². The first-order chi connectivity index (χ1) is 10.1. The number of ether oxygens (including phenoxy) is 3. The number of hydrogen-bond acceptors (Lipinski definition) is 4. The molecular formula is C17H29NO3. The van der Waals surface area contributed by atoms with E-state index in [9.17, 15) is 0 Å². The summed E-state index contributed by atoms with van der Waals surface area (Å²) in [6.07, 6.45) is 2.86. The van der Waals surface area contributed by atoms with Gasteiger partial charge in [-0.05, 0) is 26.2 Å². The van der Waals surface area contributed by atoms with Gasteiger partial charge in [-0.25, -0.2) is 0 Å². The first-order valence-corrected chi connectivity index (χ1v) is 7.95. The molecule has 0 aliphatic rings. The molecule has 0 fully saturated rings. The minimum Gasteiger partial charge on any atom is -0.493 e. The molecule has 1 aromatic rings. The van der Waals surface area contributed by atoms with Crippen LogP contribution in [0, 0.1) is 0 Å². The average Bonchev–Trinajstić information content (AvgIpc) is 2.47. The molecule has 0 saturated carbocycles. The van der Waals surface area contributed by atoms with Gasteiger partial charge in [0.1, 0.15) is 17.2 Å². The van der Waals surface area contributed by atoms with Crippen LogP contribution < -0.4 is 19.9 Å². The van der Waals surface area contributed by atoms with Gasteiger partial charge in [0, 0.05) is 18.2 Å². The summed E-state index contributed by atoms with van der Waals surface area (Å²) in [6, 6.07) is 3.69. The van der Waals surface area contributed by atoms with E-state index in [0.717, 1.165) is 42.1 Å². The van der Waals surface area contributed by atoms with Crippen LogP contribution in [-0.4, -0.2) is 19.8 Å². The molecular weight excluding hydrogens is 266 g/mol. The van der Waals surface area contributed by atoms with Crippen LogP contribution in [0.5, 0.6) is 17.2 Å². The van der Waals surface area contributed by atoms with Gasteiger partial charge in [-0.15, -0.1) is 0 Å². The molecule has 0 radical (unpaired) electrons. The molecule has 0 heterocycles. The maximum atomic E-state index is 6.11. The quantitative estimate of drug-likeness (QED) is 0.707. The highest BCUT2D eigenvalue weighted by atomic mass is 16.5. The van der Waals surface area contributed by atoms with Crippen LogP contribution in [0.1, 0.15) is 58.6 Å². The topological polar surface area (TPSA) is 53.7 Å². The normalized spacial score (nSPS) is 12.0. The Labute approximate surface area is 128 Å². The van der Waals surface area contributed by atoms with Crippen molar-refractivity contribution in [2.24, 2.45) is 5.73 Å². The van der Waals surface area contributed by atoms with E-state index in [1.165, 1.54) is 0 Å². The van der Waals surface area contributed by atoms with Crippen molar-refractivity contribution in [3.05, 3.63) is 17.7 Å². The molecule has 0 aliphatic heterocycles. The van der Waals surface area contributed by atoms with E-state index in [1.807, 2.05) is 19.1 Å². The minimum absolute atomic E-state index is 0.149. The summed E-state index contributed by atoms with van der Waals surface area (Å²) < 4.78 is 17.4. The third-order valence-electron chi connectivity index (χ3n) is 2.93. The molecule has 2 N–H and O–H groups in total. The molecule has 1 atom stereocenters. The van der Waals surface area contributed by atoms with Crippen molar-refractivity contribution >= 4 is 0 Å². The molecule has 0 spiro atoms. The van der Waals surface area contributed by atoms with Crippen molar-refractivity contribution in [3.8, 4) is 17.2 Å². The van der Waals surface area contributed by atoms with Gasteiger partial charge in [-0.2, -0.15) is 0 Å². The Hall–Kier alpha value is -1.42. The van der Waals surface area contributed by atoms with Gasteiger partial charge < -0.3 is 19.9 Å². The van der Waals surface area contributed by atoms with Gasteiger partial charge in [0.2, 0.25) is 0 Å². The van der Waals surface area contributed by atoms with Crippen LogP contribution in [0.3, 0.4) is 0 Å². The summed E-state index contributed by atoms with van der Waals surface area (Å²) in [5, 5.41) is 0. The summed E-state index contributed by atoms with van der Waals surface area (Å²) in [7, 11) is 0. The fourth-order valence-electron chi connectivity index (χ4n) is 1.99. The summed E-state index contributed by atoms with van der Waals surface area (Å²) in [4.78, 5) is 0. The second-order valence-corrected chi connectivity index (χ2v) is 5.17. The lowest BCUT2D eigenvalue weighted by Gasteiger charge is -2.20. The standard InChI is InChI=1S/C17H29NO3/c1-5-8-19-14-11-15(20-9-6-2)17(13(4)18)16(12-14)21-10-7-3/h11-13H,5-10,18H2,1-4H3. The van der Waals surface area contributed by atoms with Crippen LogP contribution in [0.2, 0.25) is 0 Å². The Bertz CT molecular complexity index is 389. The summed E-state index contributed by atoms with van der Waals surface area (Å²) >= 11 is 0. The zero-order chi connectivity index (χ0) is 15.7. The third kappa shape index (κ3) is 5.46. The monoisotopic (exact) mass is 295 g/mol. The SMILES string of the molecule is CCCOc1cc(OCCC)c(C(C)N)c(OCCC)c1. The van der Waals surface area contributed by atoms with Crippen LogP contribution in [0.25, 0.3) is 0 Å². The van der Waals surface area contributed by atoms with E-state index >= 15 is 0 Å². The molecule has 0 aliphatic carbocycles. The van der Waals surface area contributed by atoms with Gasteiger partial charge in [-0.3, -0.25) is 0 Å². The first kappa shape index (κ1) is 17.6. The predicted octanol–water partition coefficient (Wildman–Crippen LogP) is 4.07. The third-order valence-corrected chi connectivity index (χ3v) is 2.93. The zero-order valence-corrected chi connectivity index (χ0v) is 13.8. The lowest BCUT2D eigenvalue weighted by atomic mass is 10.1. The van der Waals surface area contributed by atoms with Crippen molar-refractivity contribution in [3.63, 3.8) is 0 Å². The summed E-state index contributed by atoms with van der Waals surface area (Å²) in [5.74, 6) is 2.32. The van der Waals surface area contributed by atoms with Gasteiger partial charge in [-0.1, -0.05) is 20.8 Å². The maximum Gasteiger partial charge on any atom is 0.131 e. The Balaban J connectivity index is 3.14. The highest BCUT2D eigenvalue weighted by molar-refractivity contribution is 5.52. The van der Waals surface area contributed by atoms with Gasteiger partial charge in [0.15, 0.2) is 0 Å². The van der Waals surface area contributed by atoms with Crippen LogP contribution in [-0.2, 0) is 0 Å². The molecule has 1 aromatic carbocycles. The molecule has 0 aromatic heterocycles. The van der Waals surface area contributed by atoms with E-state index in [4.69, 9.17) is 19.9 Å². The number of benzene rings is 1. The van der Waals surface area contributed by atoms with Crippen molar-refractivity contribution in [1.29, 1.82) is 0 Å². The lowest BCUT2D eigenvalue weighted by molar-refractivity contribution is 0.280. The summed E-state index contributed by atoms with van der Waals surface area (Å²) in [5.41, 5.74) is 7.03. The van der Waals surface area contributed by atoms with Crippen molar-refractivity contribution in [1.82, 2.24) is 0 Å². The Kier molecular flexibility index (Phi) is 7.98. The van der Waals surface area contributed by atoms with E-state index in [2.05, 4.69) is 20.8 Å². The summed E-state index contributed by atoms with van der Waals surface area (Å²) in [6.45, 7) is 10.2. The predicted molar refractivity (Wildman–Crippen MR) is 86.4 cm³/mol. The largest absolute Gasteiger partial charge is 0.493 e. The molecule has 1 unspecified atom stereocenters. The van der Waals surface area contributed by atoms with Crippen LogP contribution >= 0.6 is 0 Å². The van der Waals surface area contributed by atoms with Crippen LogP contribution in [0.4, 0.5) is 0 Å². The van der Waals surface area contributed by atoms with Crippen LogP contribution in [0.15, 0.2) is 12.1 Å². The second kappa shape index (κ2) is 9.50. The molecule has 4 nitrogen and oxygen atoms in total. The highest BCUT2D eigenvalue weighted by Gasteiger charge is 2.17. The van der Waals surface area contributed by atoms with Crippen molar-refractivity contribution in [2.75, 3.05) is 19.8 Å².